The highest BCUT2D eigenvalue weighted by molar-refractivity contribution is 9.10. The van der Waals surface area contributed by atoms with Crippen molar-refractivity contribution in [2.75, 3.05) is 11.9 Å². The van der Waals surface area contributed by atoms with E-state index < -0.39 is 17.5 Å². The molecule has 0 radical (unpaired) electrons. The van der Waals surface area contributed by atoms with Crippen molar-refractivity contribution < 1.29 is 19.1 Å². The molecule has 7 nitrogen and oxygen atoms in total. The minimum Gasteiger partial charge on any atom is -0.457 e. The van der Waals surface area contributed by atoms with E-state index in [1.807, 2.05) is 24.3 Å². The molecule has 1 saturated carbocycles. The lowest BCUT2D eigenvalue weighted by Crippen LogP contribution is -2.49. The van der Waals surface area contributed by atoms with Crippen molar-refractivity contribution in [1.29, 1.82) is 0 Å². The van der Waals surface area contributed by atoms with Crippen molar-refractivity contribution >= 4 is 39.5 Å². The van der Waals surface area contributed by atoms with E-state index in [2.05, 4.69) is 33.5 Å². The van der Waals surface area contributed by atoms with Crippen LogP contribution in [0.3, 0.4) is 0 Å². The predicted octanol–water partition coefficient (Wildman–Crippen LogP) is 4.68. The molecule has 1 aliphatic heterocycles. The summed E-state index contributed by atoms with van der Waals surface area (Å²) in [6.07, 6.45) is 3.02. The first-order chi connectivity index (χ1) is 14.8. The maximum Gasteiger partial charge on any atom is 0.325 e. The number of carbonyl (C=O) groups excluding carboxylic acids is 3. The van der Waals surface area contributed by atoms with Gasteiger partial charge in [0.05, 0.1) is 0 Å². The van der Waals surface area contributed by atoms with Gasteiger partial charge in [0.2, 0.25) is 5.91 Å². The zero-order valence-corrected chi connectivity index (χ0v) is 18.8. The van der Waals surface area contributed by atoms with Crippen molar-refractivity contribution in [3.05, 3.63) is 53.0 Å². The summed E-state index contributed by atoms with van der Waals surface area (Å²) in [6, 6.07) is 13.9. The van der Waals surface area contributed by atoms with Crippen molar-refractivity contribution in [1.82, 2.24) is 10.2 Å². The molecule has 4 amide bonds. The smallest absolute Gasteiger partial charge is 0.325 e. The first-order valence-corrected chi connectivity index (χ1v) is 11.1. The molecule has 2 aromatic rings. The second kappa shape index (κ2) is 8.70. The van der Waals surface area contributed by atoms with Crippen LogP contribution in [-0.2, 0) is 9.59 Å². The van der Waals surface area contributed by atoms with E-state index in [-0.39, 0.29) is 12.5 Å². The fourth-order valence-electron chi connectivity index (χ4n) is 4.00. The number of ether oxygens (including phenoxy) is 1. The first kappa shape index (κ1) is 21.4. The SMILES string of the molecule is CC1CCC2(CC1)NC(=O)N(CC(=O)Nc1ccc(Oc3ccc(Br)cc3)cc1)C2=O. The Bertz CT molecular complexity index is 983. The minimum absolute atomic E-state index is 0.294. The number of hydrogen-bond acceptors (Lipinski definition) is 4. The number of rotatable bonds is 5. The fourth-order valence-corrected chi connectivity index (χ4v) is 4.27. The van der Waals surface area contributed by atoms with Crippen LogP contribution in [0.5, 0.6) is 11.5 Å². The molecule has 162 valence electrons. The number of hydrogen-bond donors (Lipinski definition) is 2. The maximum absolute atomic E-state index is 12.9. The number of urea groups is 1. The largest absolute Gasteiger partial charge is 0.457 e. The van der Waals surface area contributed by atoms with Gasteiger partial charge < -0.3 is 15.4 Å². The first-order valence-electron chi connectivity index (χ1n) is 10.3. The number of imide groups is 1. The van der Waals surface area contributed by atoms with Gasteiger partial charge in [-0.25, -0.2) is 4.79 Å². The summed E-state index contributed by atoms with van der Waals surface area (Å²) in [5.41, 5.74) is -0.281. The summed E-state index contributed by atoms with van der Waals surface area (Å²) >= 11 is 3.38. The fraction of sp³-hybridized carbons (Fsp3) is 0.348. The van der Waals surface area contributed by atoms with Gasteiger partial charge in [-0.2, -0.15) is 0 Å². The average molecular weight is 486 g/mol. The standard InChI is InChI=1S/C23H24BrN3O4/c1-15-10-12-23(13-11-15)21(29)27(22(30)26-23)14-20(28)25-17-4-8-19(9-5-17)31-18-6-2-16(24)3-7-18/h2-9,15H,10-14H2,1H3,(H,25,28)(H,26,30). The molecule has 0 aromatic heterocycles. The number of amides is 4. The van der Waals surface area contributed by atoms with Gasteiger partial charge in [-0.05, 0) is 80.1 Å². The Hall–Kier alpha value is -2.87. The van der Waals surface area contributed by atoms with Crippen LogP contribution in [0, 0.1) is 5.92 Å². The van der Waals surface area contributed by atoms with Gasteiger partial charge in [-0.1, -0.05) is 22.9 Å². The molecule has 2 aromatic carbocycles. The number of halogens is 1. The summed E-state index contributed by atoms with van der Waals surface area (Å²) < 4.78 is 6.73. The molecule has 0 bridgehead atoms. The topological polar surface area (TPSA) is 87.7 Å². The lowest BCUT2D eigenvalue weighted by atomic mass is 9.77. The molecule has 1 saturated heterocycles. The van der Waals surface area contributed by atoms with E-state index in [1.54, 1.807) is 24.3 Å². The Morgan fingerprint density at radius 2 is 1.68 bits per heavy atom. The molecule has 2 aliphatic rings. The lowest BCUT2D eigenvalue weighted by Gasteiger charge is -2.33. The van der Waals surface area contributed by atoms with E-state index in [4.69, 9.17) is 4.74 Å². The Labute approximate surface area is 189 Å². The molecule has 1 heterocycles. The van der Waals surface area contributed by atoms with Gasteiger partial charge in [-0.3, -0.25) is 14.5 Å². The predicted molar refractivity (Wildman–Crippen MR) is 120 cm³/mol. The van der Waals surface area contributed by atoms with Crippen LogP contribution < -0.4 is 15.4 Å². The zero-order chi connectivity index (χ0) is 22.0. The Balaban J connectivity index is 1.34. The van der Waals surface area contributed by atoms with Crippen LogP contribution in [-0.4, -0.2) is 34.8 Å². The Morgan fingerprint density at radius 1 is 1.10 bits per heavy atom. The molecule has 1 aliphatic carbocycles. The van der Waals surface area contributed by atoms with Gasteiger partial charge >= 0.3 is 6.03 Å². The zero-order valence-electron chi connectivity index (χ0n) is 17.2. The van der Waals surface area contributed by atoms with Crippen LogP contribution in [0.2, 0.25) is 0 Å². The number of carbonyl (C=O) groups is 3. The van der Waals surface area contributed by atoms with E-state index >= 15 is 0 Å². The van der Waals surface area contributed by atoms with Crippen LogP contribution in [0.4, 0.5) is 10.5 Å². The van der Waals surface area contributed by atoms with Crippen LogP contribution in [0.1, 0.15) is 32.6 Å². The number of nitrogens with one attached hydrogen (secondary N) is 2. The van der Waals surface area contributed by atoms with Crippen molar-refractivity contribution in [3.8, 4) is 11.5 Å². The highest BCUT2D eigenvalue weighted by Crippen LogP contribution is 2.36. The van der Waals surface area contributed by atoms with E-state index in [0.29, 0.717) is 35.9 Å². The van der Waals surface area contributed by atoms with Crippen molar-refractivity contribution in [3.63, 3.8) is 0 Å². The van der Waals surface area contributed by atoms with Gasteiger partial charge in [0.1, 0.15) is 23.6 Å². The van der Waals surface area contributed by atoms with Crippen molar-refractivity contribution in [2.24, 2.45) is 5.92 Å². The number of anilines is 1. The van der Waals surface area contributed by atoms with Crippen LogP contribution >= 0.6 is 15.9 Å². The summed E-state index contributed by atoms with van der Waals surface area (Å²) in [5, 5.41) is 5.56. The molecule has 0 atom stereocenters. The molecular weight excluding hydrogens is 462 g/mol. The third-order valence-electron chi connectivity index (χ3n) is 5.86. The lowest BCUT2D eigenvalue weighted by molar-refractivity contribution is -0.135. The van der Waals surface area contributed by atoms with E-state index in [0.717, 1.165) is 22.2 Å². The Morgan fingerprint density at radius 3 is 2.29 bits per heavy atom. The second-order valence-electron chi connectivity index (χ2n) is 8.21. The summed E-state index contributed by atoms with van der Waals surface area (Å²) in [5.74, 6) is 1.15. The molecular formula is C23H24BrN3O4. The quantitative estimate of drug-likeness (QED) is 0.601. The highest BCUT2D eigenvalue weighted by atomic mass is 79.9. The molecule has 8 heteroatoms. The van der Waals surface area contributed by atoms with Crippen LogP contribution in [0.25, 0.3) is 0 Å². The normalized spacial score (nSPS) is 23.0. The molecule has 4 rings (SSSR count). The maximum atomic E-state index is 12.9. The monoisotopic (exact) mass is 485 g/mol. The molecule has 2 fully saturated rings. The van der Waals surface area contributed by atoms with Gasteiger partial charge in [-0.15, -0.1) is 0 Å². The molecule has 2 N–H and O–H groups in total. The average Bonchev–Trinajstić information content (AvgIpc) is 2.97. The Kier molecular flexibility index (Phi) is 6.00. The summed E-state index contributed by atoms with van der Waals surface area (Å²) in [7, 11) is 0. The van der Waals surface area contributed by atoms with E-state index in [9.17, 15) is 14.4 Å². The third-order valence-corrected chi connectivity index (χ3v) is 6.39. The number of benzene rings is 2. The third kappa shape index (κ3) is 4.74. The van der Waals surface area contributed by atoms with Crippen LogP contribution in [0.15, 0.2) is 53.0 Å². The van der Waals surface area contributed by atoms with E-state index in [1.165, 1.54) is 0 Å². The second-order valence-corrected chi connectivity index (χ2v) is 9.13. The minimum atomic E-state index is -0.837. The summed E-state index contributed by atoms with van der Waals surface area (Å²) in [4.78, 5) is 38.7. The van der Waals surface area contributed by atoms with Crippen molar-refractivity contribution in [2.45, 2.75) is 38.1 Å². The molecule has 1 spiro atoms. The van der Waals surface area contributed by atoms with Gasteiger partial charge in [0.25, 0.3) is 5.91 Å². The molecule has 0 unspecified atom stereocenters. The highest BCUT2D eigenvalue weighted by Gasteiger charge is 2.52. The summed E-state index contributed by atoms with van der Waals surface area (Å²) in [6.45, 7) is 1.84. The molecule has 31 heavy (non-hydrogen) atoms. The number of nitrogens with zero attached hydrogens (tertiary/aromatic N) is 1. The van der Waals surface area contributed by atoms with Gasteiger partial charge in [0.15, 0.2) is 0 Å². The van der Waals surface area contributed by atoms with Gasteiger partial charge in [0, 0.05) is 10.2 Å².